The van der Waals surface area contributed by atoms with Gasteiger partial charge in [0.05, 0.1) is 17.0 Å². The Hall–Kier alpha value is -3.01. The molecule has 162 valence electrons. The van der Waals surface area contributed by atoms with E-state index < -0.39 is 10.0 Å². The molecule has 31 heavy (non-hydrogen) atoms. The molecule has 9 heteroatoms. The number of carbonyl (C=O) groups excluding carboxylic acids is 1. The molecule has 1 aromatic heterocycles. The minimum atomic E-state index is -3.52. The quantitative estimate of drug-likeness (QED) is 0.611. The molecular weight excluding hydrogens is 418 g/mol. The Kier molecular flexibility index (Phi) is 5.90. The summed E-state index contributed by atoms with van der Waals surface area (Å²) in [6.07, 6.45) is 1.73. The number of amides is 1. The Bertz CT molecular complexity index is 1280. The van der Waals surface area contributed by atoms with E-state index >= 15 is 0 Å². The van der Waals surface area contributed by atoms with Crippen molar-refractivity contribution in [1.82, 2.24) is 9.29 Å². The molecule has 4 rings (SSSR count). The fourth-order valence-electron chi connectivity index (χ4n) is 3.74. The number of pyridine rings is 1. The molecule has 2 aromatic carbocycles. The van der Waals surface area contributed by atoms with Crippen LogP contribution in [0.25, 0.3) is 10.9 Å². The summed E-state index contributed by atoms with van der Waals surface area (Å²) >= 11 is 0. The van der Waals surface area contributed by atoms with Gasteiger partial charge < -0.3 is 15.0 Å². The number of sulfonamides is 1. The van der Waals surface area contributed by atoms with Crippen LogP contribution >= 0.6 is 0 Å². The standard InChI is InChI=1S/C22H23N3O5S/c1-30-14-16-12-21(26)24-20-13-17(6-9-19(16)20)23-22(27)15-4-7-18(8-5-15)31(28,29)25-10-2-3-11-25/h4-9,12-13H,2-3,10-11,14H2,1H3,(H,23,27)(H,24,26). The molecule has 0 bridgehead atoms. The summed E-state index contributed by atoms with van der Waals surface area (Å²) < 4.78 is 31.8. The summed E-state index contributed by atoms with van der Waals surface area (Å²) in [6.45, 7) is 1.36. The summed E-state index contributed by atoms with van der Waals surface area (Å²) in [5.74, 6) is -0.375. The number of aromatic amines is 1. The van der Waals surface area contributed by atoms with Crippen molar-refractivity contribution in [3.8, 4) is 0 Å². The van der Waals surface area contributed by atoms with Crippen LogP contribution in [0.15, 0.2) is 58.2 Å². The van der Waals surface area contributed by atoms with Crippen LogP contribution in [-0.4, -0.2) is 43.8 Å². The number of hydrogen-bond acceptors (Lipinski definition) is 5. The first-order chi connectivity index (χ1) is 14.9. The van der Waals surface area contributed by atoms with Gasteiger partial charge in [0.15, 0.2) is 0 Å². The van der Waals surface area contributed by atoms with E-state index in [2.05, 4.69) is 10.3 Å². The summed E-state index contributed by atoms with van der Waals surface area (Å²) in [6, 6.07) is 12.6. The van der Waals surface area contributed by atoms with Crippen LogP contribution in [0.5, 0.6) is 0 Å². The zero-order valence-electron chi connectivity index (χ0n) is 17.1. The fraction of sp³-hybridized carbons (Fsp3) is 0.273. The third kappa shape index (κ3) is 4.39. The van der Waals surface area contributed by atoms with Crippen molar-refractivity contribution in [2.45, 2.75) is 24.3 Å². The number of fused-ring (bicyclic) bond motifs is 1. The maximum atomic E-state index is 12.6. The highest BCUT2D eigenvalue weighted by Gasteiger charge is 2.27. The van der Waals surface area contributed by atoms with Crippen molar-refractivity contribution in [2.75, 3.05) is 25.5 Å². The summed E-state index contributed by atoms with van der Waals surface area (Å²) in [5.41, 5.74) is 1.94. The van der Waals surface area contributed by atoms with Gasteiger partial charge in [0.25, 0.3) is 5.91 Å². The van der Waals surface area contributed by atoms with Crippen LogP contribution < -0.4 is 10.9 Å². The highest BCUT2D eigenvalue weighted by atomic mass is 32.2. The Morgan fingerprint density at radius 3 is 2.48 bits per heavy atom. The molecule has 1 fully saturated rings. The van der Waals surface area contributed by atoms with E-state index in [4.69, 9.17) is 4.74 Å². The molecule has 3 aromatic rings. The summed E-state index contributed by atoms with van der Waals surface area (Å²) in [5, 5.41) is 3.61. The lowest BCUT2D eigenvalue weighted by Crippen LogP contribution is -2.27. The van der Waals surface area contributed by atoms with Crippen LogP contribution in [0.3, 0.4) is 0 Å². The molecule has 1 aliphatic rings. The van der Waals surface area contributed by atoms with Gasteiger partial charge in [-0.15, -0.1) is 0 Å². The Balaban J connectivity index is 1.54. The Labute approximate surface area is 179 Å². The second-order valence-corrected chi connectivity index (χ2v) is 9.38. The number of nitrogens with zero attached hydrogens (tertiary/aromatic N) is 1. The normalized spacial score (nSPS) is 14.7. The monoisotopic (exact) mass is 441 g/mol. The van der Waals surface area contributed by atoms with E-state index in [0.717, 1.165) is 23.8 Å². The predicted octanol–water partition coefficient (Wildman–Crippen LogP) is 2.71. The van der Waals surface area contributed by atoms with Gasteiger partial charge in [0.1, 0.15) is 0 Å². The van der Waals surface area contributed by atoms with Crippen LogP contribution in [0, 0.1) is 0 Å². The molecule has 0 saturated carbocycles. The van der Waals surface area contributed by atoms with Crippen molar-refractivity contribution in [2.24, 2.45) is 0 Å². The average molecular weight is 442 g/mol. The van der Waals surface area contributed by atoms with Gasteiger partial charge >= 0.3 is 0 Å². The number of anilines is 1. The van der Waals surface area contributed by atoms with E-state index in [1.165, 1.54) is 34.6 Å². The predicted molar refractivity (Wildman–Crippen MR) is 118 cm³/mol. The third-order valence-electron chi connectivity index (χ3n) is 5.31. The zero-order chi connectivity index (χ0) is 22.0. The van der Waals surface area contributed by atoms with E-state index in [9.17, 15) is 18.0 Å². The van der Waals surface area contributed by atoms with E-state index in [-0.39, 0.29) is 16.4 Å². The second kappa shape index (κ2) is 8.62. The second-order valence-electron chi connectivity index (χ2n) is 7.44. The molecule has 2 N–H and O–H groups in total. The number of benzene rings is 2. The SMILES string of the molecule is COCc1cc(=O)[nH]c2cc(NC(=O)c3ccc(S(=O)(=O)N4CCCC4)cc3)ccc12. The van der Waals surface area contributed by atoms with Crippen molar-refractivity contribution >= 4 is 32.5 Å². The lowest BCUT2D eigenvalue weighted by molar-refractivity contribution is 0.102. The van der Waals surface area contributed by atoms with E-state index in [0.29, 0.717) is 36.5 Å². The van der Waals surface area contributed by atoms with Crippen LogP contribution in [0.1, 0.15) is 28.8 Å². The van der Waals surface area contributed by atoms with Crippen molar-refractivity contribution < 1.29 is 17.9 Å². The number of carbonyl (C=O) groups is 1. The Morgan fingerprint density at radius 2 is 1.81 bits per heavy atom. The maximum Gasteiger partial charge on any atom is 0.255 e. The van der Waals surface area contributed by atoms with Gasteiger partial charge in [0, 0.05) is 42.9 Å². The largest absolute Gasteiger partial charge is 0.380 e. The maximum absolute atomic E-state index is 12.6. The first-order valence-electron chi connectivity index (χ1n) is 9.95. The lowest BCUT2D eigenvalue weighted by atomic mass is 10.1. The molecule has 8 nitrogen and oxygen atoms in total. The number of methoxy groups -OCH3 is 1. The van der Waals surface area contributed by atoms with Crippen molar-refractivity contribution in [3.05, 3.63) is 70.0 Å². The van der Waals surface area contributed by atoms with Gasteiger partial charge in [-0.1, -0.05) is 6.07 Å². The van der Waals surface area contributed by atoms with Crippen LogP contribution in [0.4, 0.5) is 5.69 Å². The number of aromatic nitrogens is 1. The molecule has 0 spiro atoms. The molecule has 0 aliphatic carbocycles. The van der Waals surface area contributed by atoms with E-state index in [1.807, 2.05) is 0 Å². The van der Waals surface area contributed by atoms with Crippen molar-refractivity contribution in [1.29, 1.82) is 0 Å². The summed E-state index contributed by atoms with van der Waals surface area (Å²) in [4.78, 5) is 27.5. The number of H-pyrrole nitrogens is 1. The van der Waals surface area contributed by atoms with Gasteiger partial charge in [-0.25, -0.2) is 8.42 Å². The van der Waals surface area contributed by atoms with Gasteiger partial charge in [-0.3, -0.25) is 9.59 Å². The molecule has 0 atom stereocenters. The minimum absolute atomic E-state index is 0.180. The van der Waals surface area contributed by atoms with Crippen molar-refractivity contribution in [3.63, 3.8) is 0 Å². The number of nitrogens with one attached hydrogen (secondary N) is 2. The first-order valence-corrected chi connectivity index (χ1v) is 11.4. The molecular formula is C22H23N3O5S. The fourth-order valence-corrected chi connectivity index (χ4v) is 5.26. The first kappa shape index (κ1) is 21.2. The lowest BCUT2D eigenvalue weighted by Gasteiger charge is -2.15. The van der Waals surface area contributed by atoms with Crippen LogP contribution in [0.2, 0.25) is 0 Å². The highest BCUT2D eigenvalue weighted by molar-refractivity contribution is 7.89. The van der Waals surface area contributed by atoms with Gasteiger partial charge in [-0.2, -0.15) is 4.31 Å². The molecule has 1 aliphatic heterocycles. The molecule has 0 radical (unpaired) electrons. The van der Waals surface area contributed by atoms with Crippen LogP contribution in [-0.2, 0) is 21.4 Å². The zero-order valence-corrected chi connectivity index (χ0v) is 17.9. The third-order valence-corrected chi connectivity index (χ3v) is 7.22. The molecule has 0 unspecified atom stereocenters. The summed E-state index contributed by atoms with van der Waals surface area (Å²) in [7, 11) is -1.96. The Morgan fingerprint density at radius 1 is 1.10 bits per heavy atom. The van der Waals surface area contributed by atoms with Gasteiger partial charge in [0.2, 0.25) is 15.6 Å². The number of hydrogen-bond donors (Lipinski definition) is 2. The topological polar surface area (TPSA) is 109 Å². The minimum Gasteiger partial charge on any atom is -0.380 e. The van der Waals surface area contributed by atoms with Gasteiger partial charge in [-0.05, 0) is 54.8 Å². The number of ether oxygens (including phenoxy) is 1. The van der Waals surface area contributed by atoms with E-state index in [1.54, 1.807) is 25.3 Å². The molecule has 1 saturated heterocycles. The highest BCUT2D eigenvalue weighted by Crippen LogP contribution is 2.23. The smallest absolute Gasteiger partial charge is 0.255 e. The average Bonchev–Trinajstić information content (AvgIpc) is 3.29. The molecule has 2 heterocycles. The molecule has 1 amide bonds. The number of rotatable bonds is 6.